The van der Waals surface area contributed by atoms with Gasteiger partial charge in [-0.3, -0.25) is 4.79 Å². The van der Waals surface area contributed by atoms with Gasteiger partial charge >= 0.3 is 5.97 Å². The van der Waals surface area contributed by atoms with Crippen molar-refractivity contribution in [2.24, 2.45) is 0 Å². The zero-order chi connectivity index (χ0) is 14.6. The molecule has 1 aromatic rings. The molecule has 0 fully saturated rings. The van der Waals surface area contributed by atoms with Crippen LogP contribution in [0.3, 0.4) is 0 Å². The zero-order valence-corrected chi connectivity index (χ0v) is 11.6. The first-order valence-corrected chi connectivity index (χ1v) is 6.67. The summed E-state index contributed by atoms with van der Waals surface area (Å²) in [6, 6.07) is -1.34. The van der Waals surface area contributed by atoms with Crippen molar-refractivity contribution in [2.75, 3.05) is 12.9 Å². The molecule has 0 radical (unpaired) electrons. The largest absolute Gasteiger partial charge is 0.480 e. The summed E-state index contributed by atoms with van der Waals surface area (Å²) in [5.74, 6) is -1.37. The number of amides is 1. The second-order valence-electron chi connectivity index (χ2n) is 3.79. The first-order valence-electron chi connectivity index (χ1n) is 5.44. The van der Waals surface area contributed by atoms with Crippen LogP contribution < -0.4 is 5.32 Å². The summed E-state index contributed by atoms with van der Waals surface area (Å²) in [5, 5.41) is 20.4. The Hall–Kier alpha value is -1.67. The van der Waals surface area contributed by atoms with E-state index in [1.165, 1.54) is 11.8 Å². The van der Waals surface area contributed by atoms with Crippen molar-refractivity contribution < 1.29 is 19.8 Å². The Balaban J connectivity index is 3.09. The number of hydrogen-bond donors (Lipinski definition) is 3. The van der Waals surface area contributed by atoms with Crippen LogP contribution in [0.2, 0.25) is 0 Å². The number of hydrogen-bond acceptors (Lipinski definition) is 6. The highest BCUT2D eigenvalue weighted by Gasteiger charge is 2.23. The Bertz CT molecular complexity index is 507. The van der Waals surface area contributed by atoms with Gasteiger partial charge in [-0.25, -0.2) is 14.8 Å². The summed E-state index contributed by atoms with van der Waals surface area (Å²) < 4.78 is 0. The second kappa shape index (κ2) is 6.48. The second-order valence-corrected chi connectivity index (χ2v) is 4.58. The predicted molar refractivity (Wildman–Crippen MR) is 69.3 cm³/mol. The standard InChI is InChI=1S/C11H15N3O4S/c1-5-8(10(19-3)13-6(2)12-5)9(16)14-7(4-15)11(17)18/h7,15H,4H2,1-3H3,(H,14,16)(H,17,18)/t7-/m1/s1. The van der Waals surface area contributed by atoms with Gasteiger partial charge in [0.1, 0.15) is 10.9 Å². The first-order chi connectivity index (χ1) is 8.90. The maximum Gasteiger partial charge on any atom is 0.328 e. The quantitative estimate of drug-likeness (QED) is 0.515. The van der Waals surface area contributed by atoms with E-state index in [1.807, 2.05) is 0 Å². The van der Waals surface area contributed by atoms with Gasteiger partial charge in [-0.2, -0.15) is 0 Å². The van der Waals surface area contributed by atoms with Crippen molar-refractivity contribution in [3.63, 3.8) is 0 Å². The zero-order valence-electron chi connectivity index (χ0n) is 10.8. The number of aromatic nitrogens is 2. The van der Waals surface area contributed by atoms with Crippen LogP contribution >= 0.6 is 11.8 Å². The van der Waals surface area contributed by atoms with Gasteiger partial charge < -0.3 is 15.5 Å². The fourth-order valence-electron chi connectivity index (χ4n) is 1.51. The summed E-state index contributed by atoms with van der Waals surface area (Å²) in [4.78, 5) is 31.0. The molecule has 0 aromatic carbocycles. The lowest BCUT2D eigenvalue weighted by Crippen LogP contribution is -2.43. The van der Waals surface area contributed by atoms with E-state index in [-0.39, 0.29) is 5.56 Å². The van der Waals surface area contributed by atoms with Gasteiger partial charge in [0.25, 0.3) is 5.91 Å². The highest BCUT2D eigenvalue weighted by atomic mass is 32.2. The maximum absolute atomic E-state index is 12.1. The van der Waals surface area contributed by atoms with Gasteiger partial charge in [0.2, 0.25) is 0 Å². The molecule has 0 saturated carbocycles. The number of carbonyl (C=O) groups is 2. The number of carbonyl (C=O) groups excluding carboxylic acids is 1. The lowest BCUT2D eigenvalue weighted by molar-refractivity contribution is -0.140. The molecule has 1 amide bonds. The molecular formula is C11H15N3O4S. The summed E-state index contributed by atoms with van der Waals surface area (Å²) in [5.41, 5.74) is 0.703. The van der Waals surface area contributed by atoms with Crippen molar-refractivity contribution in [1.82, 2.24) is 15.3 Å². The maximum atomic E-state index is 12.1. The van der Waals surface area contributed by atoms with E-state index in [1.54, 1.807) is 20.1 Å². The summed E-state index contributed by atoms with van der Waals surface area (Å²) >= 11 is 1.27. The third-order valence-electron chi connectivity index (χ3n) is 2.37. The topological polar surface area (TPSA) is 112 Å². The average molecular weight is 285 g/mol. The molecule has 0 unspecified atom stereocenters. The van der Waals surface area contributed by atoms with Crippen molar-refractivity contribution in [3.05, 3.63) is 17.1 Å². The molecular weight excluding hydrogens is 270 g/mol. The molecule has 0 saturated heterocycles. The van der Waals surface area contributed by atoms with E-state index in [4.69, 9.17) is 10.2 Å². The summed E-state index contributed by atoms with van der Waals surface area (Å²) in [6.07, 6.45) is 1.76. The third-order valence-corrected chi connectivity index (χ3v) is 3.06. The number of aliphatic hydroxyl groups is 1. The monoisotopic (exact) mass is 285 g/mol. The van der Waals surface area contributed by atoms with E-state index in [0.717, 1.165) is 0 Å². The number of nitrogens with one attached hydrogen (secondary N) is 1. The first kappa shape index (κ1) is 15.4. The van der Waals surface area contributed by atoms with Crippen LogP contribution in [0, 0.1) is 13.8 Å². The predicted octanol–water partition coefficient (Wildman–Crippen LogP) is -0.00936. The molecule has 1 rings (SSSR count). The van der Waals surface area contributed by atoms with Crippen LogP contribution in [0.4, 0.5) is 0 Å². The number of aliphatic hydroxyl groups excluding tert-OH is 1. The lowest BCUT2D eigenvalue weighted by Gasteiger charge is -2.14. The van der Waals surface area contributed by atoms with Gasteiger partial charge in [0.05, 0.1) is 17.9 Å². The minimum absolute atomic E-state index is 0.234. The number of aryl methyl sites for hydroxylation is 2. The molecule has 1 heterocycles. The molecule has 1 atom stereocenters. The number of rotatable bonds is 5. The Labute approximate surface area is 114 Å². The molecule has 8 heteroatoms. The van der Waals surface area contributed by atoms with Crippen LogP contribution in [-0.4, -0.2) is 51.0 Å². The Morgan fingerprint density at radius 3 is 2.47 bits per heavy atom. The number of carboxylic acids is 1. The van der Waals surface area contributed by atoms with Crippen LogP contribution in [0.5, 0.6) is 0 Å². The van der Waals surface area contributed by atoms with Crippen molar-refractivity contribution >= 4 is 23.6 Å². The average Bonchev–Trinajstić information content (AvgIpc) is 2.33. The van der Waals surface area contributed by atoms with E-state index in [9.17, 15) is 9.59 Å². The molecule has 0 aliphatic rings. The highest BCUT2D eigenvalue weighted by molar-refractivity contribution is 7.98. The molecule has 19 heavy (non-hydrogen) atoms. The molecule has 104 valence electrons. The SMILES string of the molecule is CSc1nc(C)nc(C)c1C(=O)N[C@H](CO)C(=O)O. The van der Waals surface area contributed by atoms with Gasteiger partial charge in [0.15, 0.2) is 6.04 Å². The number of carboxylic acid groups (broad SMARTS) is 1. The Morgan fingerprint density at radius 1 is 1.37 bits per heavy atom. The van der Waals surface area contributed by atoms with Crippen LogP contribution in [0.1, 0.15) is 21.9 Å². The number of thioether (sulfide) groups is 1. The minimum atomic E-state index is -1.34. The summed E-state index contributed by atoms with van der Waals surface area (Å²) in [6.45, 7) is 2.68. The van der Waals surface area contributed by atoms with Crippen LogP contribution in [0.15, 0.2) is 5.03 Å². The van der Waals surface area contributed by atoms with E-state index in [0.29, 0.717) is 16.5 Å². The third kappa shape index (κ3) is 3.65. The number of nitrogens with zero attached hydrogens (tertiary/aromatic N) is 2. The van der Waals surface area contributed by atoms with Crippen molar-refractivity contribution in [2.45, 2.75) is 24.9 Å². The van der Waals surface area contributed by atoms with Gasteiger partial charge in [-0.1, -0.05) is 0 Å². The molecule has 0 aliphatic carbocycles. The van der Waals surface area contributed by atoms with Gasteiger partial charge in [-0.05, 0) is 20.1 Å². The van der Waals surface area contributed by atoms with E-state index in [2.05, 4.69) is 15.3 Å². The molecule has 0 spiro atoms. The van der Waals surface area contributed by atoms with Gasteiger partial charge in [-0.15, -0.1) is 11.8 Å². The minimum Gasteiger partial charge on any atom is -0.480 e. The highest BCUT2D eigenvalue weighted by Crippen LogP contribution is 2.20. The van der Waals surface area contributed by atoms with E-state index >= 15 is 0 Å². The molecule has 1 aromatic heterocycles. The van der Waals surface area contributed by atoms with Gasteiger partial charge in [0, 0.05) is 0 Å². The molecule has 3 N–H and O–H groups in total. The van der Waals surface area contributed by atoms with Crippen molar-refractivity contribution in [3.8, 4) is 0 Å². The normalized spacial score (nSPS) is 12.0. The number of aliphatic carboxylic acids is 1. The van der Waals surface area contributed by atoms with Crippen molar-refractivity contribution in [1.29, 1.82) is 0 Å². The molecule has 0 aliphatic heterocycles. The lowest BCUT2D eigenvalue weighted by atomic mass is 10.2. The van der Waals surface area contributed by atoms with Crippen LogP contribution in [-0.2, 0) is 4.79 Å². The molecule has 7 nitrogen and oxygen atoms in total. The van der Waals surface area contributed by atoms with Crippen LogP contribution in [0.25, 0.3) is 0 Å². The summed E-state index contributed by atoms with van der Waals surface area (Å²) in [7, 11) is 0. The van der Waals surface area contributed by atoms with E-state index < -0.39 is 24.5 Å². The fourth-order valence-corrected chi connectivity index (χ4v) is 2.17. The Kier molecular flexibility index (Phi) is 5.25. The fraction of sp³-hybridized carbons (Fsp3) is 0.455. The Morgan fingerprint density at radius 2 is 2.00 bits per heavy atom. The molecule has 0 bridgehead atoms. The smallest absolute Gasteiger partial charge is 0.328 e.